The molecule has 3 N–H and O–H groups in total. The summed E-state index contributed by atoms with van der Waals surface area (Å²) in [5.41, 5.74) is 5.18. The summed E-state index contributed by atoms with van der Waals surface area (Å²) in [6.45, 7) is 5.68. The molecule has 1 aromatic heterocycles. The second kappa shape index (κ2) is 5.95. The Kier molecular flexibility index (Phi) is 4.57. The van der Waals surface area contributed by atoms with E-state index in [1.54, 1.807) is 0 Å². The van der Waals surface area contributed by atoms with Crippen molar-refractivity contribution in [2.75, 3.05) is 29.9 Å². The van der Waals surface area contributed by atoms with Crippen LogP contribution in [0.15, 0.2) is 18.2 Å². The highest BCUT2D eigenvalue weighted by atomic mass is 16.1. The first-order chi connectivity index (χ1) is 7.67. The normalized spacial score (nSPS) is 9.88. The van der Waals surface area contributed by atoms with Crippen LogP contribution < -0.4 is 16.0 Å². The molecule has 0 saturated carbocycles. The fourth-order valence-electron chi connectivity index (χ4n) is 1.42. The smallest absolute Gasteiger partial charge is 0.236 e. The van der Waals surface area contributed by atoms with Crippen LogP contribution in [0.5, 0.6) is 0 Å². The molecule has 1 rings (SSSR count). The number of anilines is 2. The highest BCUT2D eigenvalue weighted by Gasteiger charge is 2.08. The lowest BCUT2D eigenvalue weighted by atomic mass is 10.4. The van der Waals surface area contributed by atoms with E-state index < -0.39 is 0 Å². The molecule has 0 unspecified atom stereocenters. The first-order valence-electron chi connectivity index (χ1n) is 5.41. The third-order valence-electron chi connectivity index (χ3n) is 2.14. The van der Waals surface area contributed by atoms with Crippen molar-refractivity contribution in [3.8, 4) is 0 Å². The minimum Gasteiger partial charge on any atom is -0.370 e. The highest BCUT2D eigenvalue weighted by molar-refractivity contribution is 5.79. The highest BCUT2D eigenvalue weighted by Crippen LogP contribution is 2.13. The summed E-state index contributed by atoms with van der Waals surface area (Å²) >= 11 is 0. The summed E-state index contributed by atoms with van der Waals surface area (Å²) in [5, 5.41) is 3.13. The molecule has 0 fully saturated rings. The summed E-state index contributed by atoms with van der Waals surface area (Å²) in [4.78, 5) is 17.1. The van der Waals surface area contributed by atoms with Crippen LogP contribution in [0, 0.1) is 0 Å². The van der Waals surface area contributed by atoms with E-state index in [1.165, 1.54) is 0 Å². The summed E-state index contributed by atoms with van der Waals surface area (Å²) < 4.78 is 0. The molecule has 5 nitrogen and oxygen atoms in total. The number of pyridine rings is 1. The van der Waals surface area contributed by atoms with Crippen molar-refractivity contribution in [3.05, 3.63) is 18.2 Å². The van der Waals surface area contributed by atoms with Crippen LogP contribution in [0.25, 0.3) is 0 Å². The third-order valence-corrected chi connectivity index (χ3v) is 2.14. The Morgan fingerprint density at radius 1 is 1.50 bits per heavy atom. The topological polar surface area (TPSA) is 71.2 Å². The van der Waals surface area contributed by atoms with E-state index >= 15 is 0 Å². The molecule has 5 heteroatoms. The van der Waals surface area contributed by atoms with Gasteiger partial charge in [-0.05, 0) is 26.0 Å². The van der Waals surface area contributed by atoms with Gasteiger partial charge in [-0.15, -0.1) is 0 Å². The lowest BCUT2D eigenvalue weighted by molar-refractivity contribution is -0.116. The van der Waals surface area contributed by atoms with E-state index in [0.717, 1.165) is 18.2 Å². The predicted molar refractivity (Wildman–Crippen MR) is 65.5 cm³/mol. The van der Waals surface area contributed by atoms with Gasteiger partial charge in [-0.25, -0.2) is 4.98 Å². The minimum atomic E-state index is -0.350. The summed E-state index contributed by atoms with van der Waals surface area (Å²) in [6, 6.07) is 5.67. The standard InChI is InChI=1S/C11H18N4O/c1-3-13-10-6-5-7-11(14-10)15(4-2)8-9(12)16/h5-7H,3-4,8H2,1-2H3,(H2,12,16)(H,13,14). The van der Waals surface area contributed by atoms with Gasteiger partial charge in [0.15, 0.2) is 0 Å². The van der Waals surface area contributed by atoms with Crippen molar-refractivity contribution in [3.63, 3.8) is 0 Å². The Bertz CT molecular complexity index is 354. The number of amides is 1. The van der Waals surface area contributed by atoms with Gasteiger partial charge in [-0.2, -0.15) is 0 Å². The molecule has 1 heterocycles. The summed E-state index contributed by atoms with van der Waals surface area (Å²) in [7, 11) is 0. The SMILES string of the molecule is CCNc1cccc(N(CC)CC(N)=O)n1. The van der Waals surface area contributed by atoms with E-state index in [1.807, 2.05) is 36.9 Å². The molecule has 0 aliphatic rings. The molecular formula is C11H18N4O. The van der Waals surface area contributed by atoms with Crippen LogP contribution in [-0.4, -0.2) is 30.5 Å². The first-order valence-corrected chi connectivity index (χ1v) is 5.41. The Morgan fingerprint density at radius 3 is 2.81 bits per heavy atom. The monoisotopic (exact) mass is 222 g/mol. The van der Waals surface area contributed by atoms with Gasteiger partial charge in [-0.3, -0.25) is 4.79 Å². The maximum absolute atomic E-state index is 10.9. The van der Waals surface area contributed by atoms with Crippen LogP contribution >= 0.6 is 0 Å². The molecule has 16 heavy (non-hydrogen) atoms. The number of nitrogens with two attached hydrogens (primary N) is 1. The fourth-order valence-corrected chi connectivity index (χ4v) is 1.42. The van der Waals surface area contributed by atoms with E-state index in [2.05, 4.69) is 10.3 Å². The Morgan fingerprint density at radius 2 is 2.25 bits per heavy atom. The van der Waals surface area contributed by atoms with Gasteiger partial charge < -0.3 is 16.0 Å². The van der Waals surface area contributed by atoms with Crippen molar-refractivity contribution in [2.45, 2.75) is 13.8 Å². The number of likely N-dealkylation sites (N-methyl/N-ethyl adjacent to an activating group) is 1. The van der Waals surface area contributed by atoms with Crippen molar-refractivity contribution in [1.29, 1.82) is 0 Å². The van der Waals surface area contributed by atoms with Crippen LogP contribution in [0.2, 0.25) is 0 Å². The molecule has 0 spiro atoms. The van der Waals surface area contributed by atoms with Gasteiger partial charge in [-0.1, -0.05) is 6.07 Å². The molecule has 0 saturated heterocycles. The number of hydrogen-bond donors (Lipinski definition) is 2. The average Bonchev–Trinajstić information content (AvgIpc) is 2.26. The quantitative estimate of drug-likeness (QED) is 0.747. The molecule has 88 valence electrons. The molecule has 0 atom stereocenters. The van der Waals surface area contributed by atoms with E-state index in [9.17, 15) is 4.79 Å². The van der Waals surface area contributed by atoms with Gasteiger partial charge >= 0.3 is 0 Å². The fraction of sp³-hybridized carbons (Fsp3) is 0.455. The molecule has 0 aliphatic heterocycles. The maximum Gasteiger partial charge on any atom is 0.236 e. The lowest BCUT2D eigenvalue weighted by Gasteiger charge is -2.20. The molecule has 1 amide bonds. The van der Waals surface area contributed by atoms with Crippen molar-refractivity contribution in [1.82, 2.24) is 4.98 Å². The number of nitrogens with zero attached hydrogens (tertiary/aromatic N) is 2. The summed E-state index contributed by atoms with van der Waals surface area (Å²) in [6.07, 6.45) is 0. The largest absolute Gasteiger partial charge is 0.370 e. The second-order valence-corrected chi connectivity index (χ2v) is 3.39. The number of rotatable bonds is 6. The summed E-state index contributed by atoms with van der Waals surface area (Å²) in [5.74, 6) is 1.22. The zero-order valence-corrected chi connectivity index (χ0v) is 9.73. The molecule has 0 bridgehead atoms. The van der Waals surface area contributed by atoms with Gasteiger partial charge in [0.05, 0.1) is 6.54 Å². The van der Waals surface area contributed by atoms with Gasteiger partial charge in [0, 0.05) is 13.1 Å². The van der Waals surface area contributed by atoms with Gasteiger partial charge in [0.2, 0.25) is 5.91 Å². The molecule has 0 radical (unpaired) electrons. The Balaban J connectivity index is 2.83. The maximum atomic E-state index is 10.9. The number of nitrogens with one attached hydrogen (secondary N) is 1. The van der Waals surface area contributed by atoms with Gasteiger partial charge in [0.1, 0.15) is 11.6 Å². The zero-order valence-electron chi connectivity index (χ0n) is 9.73. The van der Waals surface area contributed by atoms with Crippen molar-refractivity contribution in [2.24, 2.45) is 5.73 Å². The van der Waals surface area contributed by atoms with E-state index in [4.69, 9.17) is 5.73 Å². The van der Waals surface area contributed by atoms with Gasteiger partial charge in [0.25, 0.3) is 0 Å². The lowest BCUT2D eigenvalue weighted by Crippen LogP contribution is -2.34. The number of carbonyl (C=O) groups is 1. The number of carbonyl (C=O) groups excluding carboxylic acids is 1. The number of primary amides is 1. The van der Waals surface area contributed by atoms with Crippen molar-refractivity contribution < 1.29 is 4.79 Å². The number of aromatic nitrogens is 1. The third kappa shape index (κ3) is 3.42. The van der Waals surface area contributed by atoms with E-state index in [0.29, 0.717) is 6.54 Å². The Hall–Kier alpha value is -1.78. The van der Waals surface area contributed by atoms with Crippen LogP contribution in [0.3, 0.4) is 0 Å². The molecular weight excluding hydrogens is 204 g/mol. The first kappa shape index (κ1) is 12.3. The molecule has 0 aliphatic carbocycles. The van der Waals surface area contributed by atoms with Crippen molar-refractivity contribution >= 4 is 17.5 Å². The van der Waals surface area contributed by atoms with Crippen LogP contribution in [-0.2, 0) is 4.79 Å². The van der Waals surface area contributed by atoms with Crippen LogP contribution in [0.1, 0.15) is 13.8 Å². The Labute approximate surface area is 95.7 Å². The average molecular weight is 222 g/mol. The van der Waals surface area contributed by atoms with Crippen LogP contribution in [0.4, 0.5) is 11.6 Å². The molecule has 0 aromatic carbocycles. The molecule has 1 aromatic rings. The minimum absolute atomic E-state index is 0.194. The number of hydrogen-bond acceptors (Lipinski definition) is 4. The zero-order chi connectivity index (χ0) is 12.0. The second-order valence-electron chi connectivity index (χ2n) is 3.39. The predicted octanol–water partition coefficient (Wildman–Crippen LogP) is 0.825. The van der Waals surface area contributed by atoms with E-state index in [-0.39, 0.29) is 12.5 Å².